The molecule has 0 aliphatic carbocycles. The number of hydrogen-bond acceptors (Lipinski definition) is 7. The van der Waals surface area contributed by atoms with Crippen molar-refractivity contribution in [2.45, 2.75) is 10.1 Å². The third-order valence-electron chi connectivity index (χ3n) is 3.75. The molecule has 1 aromatic carbocycles. The van der Waals surface area contributed by atoms with E-state index in [-0.39, 0.29) is 11.4 Å². The molecule has 4 aromatic rings. The highest BCUT2D eigenvalue weighted by Crippen LogP contribution is 2.28. The first-order chi connectivity index (χ1) is 14.5. The van der Waals surface area contributed by atoms with Gasteiger partial charge in [-0.05, 0) is 36.4 Å². The molecule has 0 radical (unpaired) electrons. The molecule has 0 spiro atoms. The number of nitrogens with one attached hydrogen (secondary N) is 2. The van der Waals surface area contributed by atoms with Gasteiger partial charge in [-0.2, -0.15) is 0 Å². The molecule has 0 bridgehead atoms. The fourth-order valence-electron chi connectivity index (χ4n) is 2.45. The Bertz CT molecular complexity index is 1280. The zero-order chi connectivity index (χ0) is 21.1. The average molecular weight is 463 g/mol. The number of aromatic nitrogens is 4. The van der Waals surface area contributed by atoms with E-state index in [9.17, 15) is 14.0 Å². The molecule has 12 heteroatoms. The van der Waals surface area contributed by atoms with Crippen LogP contribution in [0.2, 0.25) is 5.02 Å². The van der Waals surface area contributed by atoms with E-state index >= 15 is 0 Å². The number of carbonyl (C=O) groups excluding carboxylic acids is 1. The molecule has 0 saturated heterocycles. The second-order valence-electron chi connectivity index (χ2n) is 5.91. The van der Waals surface area contributed by atoms with Gasteiger partial charge in [-0.15, -0.1) is 10.2 Å². The fraction of sp³-hybridized carbons (Fsp3) is 0.0556. The zero-order valence-corrected chi connectivity index (χ0v) is 17.4. The van der Waals surface area contributed by atoms with E-state index in [0.29, 0.717) is 37.3 Å². The smallest absolute Gasteiger partial charge is 0.308 e. The molecular formula is C18H12ClFN6O2S2. The summed E-state index contributed by atoms with van der Waals surface area (Å²) in [4.78, 5) is 28.6. The summed E-state index contributed by atoms with van der Waals surface area (Å²) in [5.41, 5.74) is 1.31. The second kappa shape index (κ2) is 8.78. The Morgan fingerprint density at radius 1 is 1.17 bits per heavy atom. The first-order valence-corrected chi connectivity index (χ1v) is 10.6. The summed E-state index contributed by atoms with van der Waals surface area (Å²) in [6.45, 7) is 0. The minimum absolute atomic E-state index is 0.227. The minimum Gasteiger partial charge on any atom is -0.308 e. The minimum atomic E-state index is -0.516. The van der Waals surface area contributed by atoms with Crippen LogP contribution in [0.3, 0.4) is 0 Å². The predicted molar refractivity (Wildman–Crippen MR) is 115 cm³/mol. The van der Waals surface area contributed by atoms with E-state index in [4.69, 9.17) is 11.6 Å². The van der Waals surface area contributed by atoms with Gasteiger partial charge in [-0.25, -0.2) is 14.2 Å². The average Bonchev–Trinajstić information content (AvgIpc) is 3.16. The van der Waals surface area contributed by atoms with Crippen molar-refractivity contribution < 1.29 is 9.18 Å². The molecule has 0 aliphatic rings. The number of amides is 2. The Morgan fingerprint density at radius 2 is 1.97 bits per heavy atom. The van der Waals surface area contributed by atoms with E-state index in [0.717, 1.165) is 0 Å². The molecule has 152 valence electrons. The number of nitrogens with zero attached hydrogens (tertiary/aromatic N) is 4. The van der Waals surface area contributed by atoms with E-state index in [2.05, 4.69) is 25.8 Å². The summed E-state index contributed by atoms with van der Waals surface area (Å²) in [6, 6.07) is 9.65. The van der Waals surface area contributed by atoms with Crippen LogP contribution in [0.4, 0.5) is 20.0 Å². The van der Waals surface area contributed by atoms with Crippen molar-refractivity contribution in [3.63, 3.8) is 0 Å². The Labute approximate surface area is 182 Å². The van der Waals surface area contributed by atoms with Gasteiger partial charge >= 0.3 is 6.03 Å². The molecule has 0 aliphatic heterocycles. The summed E-state index contributed by atoms with van der Waals surface area (Å²) < 4.78 is 14.9. The highest BCUT2D eigenvalue weighted by molar-refractivity contribution is 8.00. The van der Waals surface area contributed by atoms with Crippen molar-refractivity contribution in [3.05, 3.63) is 75.5 Å². The maximum absolute atomic E-state index is 12.9. The summed E-state index contributed by atoms with van der Waals surface area (Å²) in [5, 5.41) is 13.8. The molecule has 2 N–H and O–H groups in total. The molecule has 4 rings (SSSR count). The van der Waals surface area contributed by atoms with Gasteiger partial charge < -0.3 is 5.32 Å². The quantitative estimate of drug-likeness (QED) is 0.339. The molecular weight excluding hydrogens is 451 g/mol. The highest BCUT2D eigenvalue weighted by atomic mass is 35.5. The van der Waals surface area contributed by atoms with Crippen LogP contribution in [0, 0.1) is 5.82 Å². The Morgan fingerprint density at radius 3 is 2.77 bits per heavy atom. The standard InChI is InChI=1S/C18H12ClFN6O2S2/c19-10-1-6-14-21-13(7-15(27)26(14)8-10)9-29-18-25-24-17(30-18)23-16(28)22-12-4-2-11(20)3-5-12/h1-8H,9H2,(H2,22,23,24,28). The van der Waals surface area contributed by atoms with Crippen molar-refractivity contribution in [3.8, 4) is 0 Å². The van der Waals surface area contributed by atoms with Gasteiger partial charge in [0.25, 0.3) is 5.56 Å². The number of carbonyl (C=O) groups is 1. The van der Waals surface area contributed by atoms with Crippen LogP contribution < -0.4 is 16.2 Å². The molecule has 8 nitrogen and oxygen atoms in total. The SMILES string of the molecule is O=C(Nc1ccc(F)cc1)Nc1nnc(SCc2cc(=O)n3cc(Cl)ccc3n2)s1. The van der Waals surface area contributed by atoms with Crippen LogP contribution in [0.5, 0.6) is 0 Å². The Balaban J connectivity index is 1.37. The van der Waals surface area contributed by atoms with Gasteiger partial charge in [0.05, 0.1) is 10.7 Å². The molecule has 0 fully saturated rings. The van der Waals surface area contributed by atoms with Crippen molar-refractivity contribution in [2.75, 3.05) is 10.6 Å². The number of hydrogen-bond donors (Lipinski definition) is 2. The molecule has 3 heterocycles. The van der Waals surface area contributed by atoms with Gasteiger partial charge in [0.15, 0.2) is 4.34 Å². The lowest BCUT2D eigenvalue weighted by Crippen LogP contribution is -2.19. The number of benzene rings is 1. The number of pyridine rings is 1. The van der Waals surface area contributed by atoms with E-state index in [1.54, 1.807) is 12.1 Å². The predicted octanol–water partition coefficient (Wildman–Crippen LogP) is 4.27. The van der Waals surface area contributed by atoms with Crippen LogP contribution in [0.25, 0.3) is 5.65 Å². The zero-order valence-electron chi connectivity index (χ0n) is 15.0. The molecule has 2 amide bonds. The Hall–Kier alpha value is -3.02. The maximum atomic E-state index is 12.9. The second-order valence-corrected chi connectivity index (χ2v) is 8.55. The lowest BCUT2D eigenvalue weighted by atomic mass is 10.3. The maximum Gasteiger partial charge on any atom is 0.325 e. The lowest BCUT2D eigenvalue weighted by Gasteiger charge is -2.04. The van der Waals surface area contributed by atoms with Gasteiger partial charge in [0.2, 0.25) is 5.13 Å². The molecule has 3 aromatic heterocycles. The third-order valence-corrected chi connectivity index (χ3v) is 5.98. The van der Waals surface area contributed by atoms with Crippen LogP contribution in [0.1, 0.15) is 5.69 Å². The van der Waals surface area contributed by atoms with Gasteiger partial charge in [0, 0.05) is 23.7 Å². The largest absolute Gasteiger partial charge is 0.325 e. The number of thioether (sulfide) groups is 1. The number of fused-ring (bicyclic) bond motifs is 1. The number of rotatable bonds is 5. The van der Waals surface area contributed by atoms with Crippen LogP contribution in [-0.2, 0) is 5.75 Å². The summed E-state index contributed by atoms with van der Waals surface area (Å²) >= 11 is 8.43. The van der Waals surface area contributed by atoms with Crippen molar-refractivity contribution >= 4 is 57.2 Å². The van der Waals surface area contributed by atoms with Crippen molar-refractivity contribution in [1.29, 1.82) is 0 Å². The first kappa shape index (κ1) is 20.3. The number of urea groups is 1. The third kappa shape index (κ3) is 4.93. The van der Waals surface area contributed by atoms with E-state index in [1.165, 1.54) is 64.0 Å². The molecule has 0 saturated carbocycles. The summed E-state index contributed by atoms with van der Waals surface area (Å²) in [5.74, 6) is 0.0178. The van der Waals surface area contributed by atoms with Crippen LogP contribution in [0.15, 0.2) is 57.8 Å². The van der Waals surface area contributed by atoms with Gasteiger partial charge in [-0.1, -0.05) is 34.7 Å². The number of anilines is 2. The van der Waals surface area contributed by atoms with Crippen LogP contribution >= 0.6 is 34.7 Å². The first-order valence-electron chi connectivity index (χ1n) is 8.44. The van der Waals surface area contributed by atoms with Gasteiger partial charge in [0.1, 0.15) is 11.5 Å². The fourth-order valence-corrected chi connectivity index (χ4v) is 4.25. The topological polar surface area (TPSA) is 101 Å². The van der Waals surface area contributed by atoms with Crippen molar-refractivity contribution in [2.24, 2.45) is 0 Å². The summed E-state index contributed by atoms with van der Waals surface area (Å²) in [7, 11) is 0. The highest BCUT2D eigenvalue weighted by Gasteiger charge is 2.10. The van der Waals surface area contributed by atoms with Crippen LogP contribution in [-0.4, -0.2) is 25.6 Å². The molecule has 30 heavy (non-hydrogen) atoms. The van der Waals surface area contributed by atoms with Crippen molar-refractivity contribution in [1.82, 2.24) is 19.6 Å². The molecule has 0 atom stereocenters. The monoisotopic (exact) mass is 462 g/mol. The van der Waals surface area contributed by atoms with E-state index < -0.39 is 6.03 Å². The lowest BCUT2D eigenvalue weighted by molar-refractivity contribution is 0.262. The Kier molecular flexibility index (Phi) is 5.93. The molecule has 0 unspecified atom stereocenters. The normalized spacial score (nSPS) is 10.9. The van der Waals surface area contributed by atoms with Gasteiger partial charge in [-0.3, -0.25) is 14.5 Å². The summed E-state index contributed by atoms with van der Waals surface area (Å²) in [6.07, 6.45) is 1.52. The number of halogens is 2. The van der Waals surface area contributed by atoms with E-state index in [1.807, 2.05) is 0 Å².